The Bertz CT molecular complexity index is 1440. The first kappa shape index (κ1) is 23.0. The number of carbonyl (C=O) groups is 1. The molecule has 0 saturated heterocycles. The van der Waals surface area contributed by atoms with Crippen molar-refractivity contribution in [1.29, 1.82) is 0 Å². The molecule has 1 amide bonds. The van der Waals surface area contributed by atoms with Gasteiger partial charge in [-0.25, -0.2) is 4.98 Å². The number of nitrogens with zero attached hydrogens (tertiary/aromatic N) is 5. The molecule has 0 aromatic heterocycles. The lowest BCUT2D eigenvalue weighted by atomic mass is 10.00. The van der Waals surface area contributed by atoms with Crippen LogP contribution in [-0.2, 0) is 30.7 Å². The van der Waals surface area contributed by atoms with Crippen LogP contribution in [0.15, 0.2) is 64.5 Å². The Labute approximate surface area is 214 Å². The van der Waals surface area contributed by atoms with Crippen molar-refractivity contribution >= 4 is 17.7 Å². The van der Waals surface area contributed by atoms with E-state index < -0.39 is 0 Å². The number of thioether (sulfide) groups is 1. The number of fused-ring (bicyclic) bond motifs is 4. The fraction of sp³-hybridized carbons (Fsp3) is 0.357. The second-order valence-corrected chi connectivity index (χ2v) is 10.9. The van der Waals surface area contributed by atoms with Gasteiger partial charge in [-0.15, -0.1) is 5.10 Å². The van der Waals surface area contributed by atoms with E-state index in [9.17, 15) is 9.59 Å². The van der Waals surface area contributed by atoms with Gasteiger partial charge < -0.3 is 9.47 Å². The topological polar surface area (TPSA) is 73.0 Å². The molecule has 0 N–H and O–H groups in total. The van der Waals surface area contributed by atoms with Crippen molar-refractivity contribution in [1.82, 2.24) is 24.2 Å². The van der Waals surface area contributed by atoms with E-state index in [4.69, 9.17) is 4.98 Å². The van der Waals surface area contributed by atoms with E-state index in [1.165, 1.54) is 27.6 Å². The first-order chi connectivity index (χ1) is 17.6. The standard InChI is InChI=1S/C28H29N5O2S/c1-19(26(34)31-17-15-20-10-7-8-11-21(20)18-31)36-28-29-25-24(23-14-6-3-9-16-32(23)28)27(35)33(30-25)22-12-4-2-5-13-22/h2,4-5,7-8,10-13,19H,3,6,9,14-18H2,1H3. The molecule has 8 heteroatoms. The van der Waals surface area contributed by atoms with E-state index in [1.807, 2.05) is 48.2 Å². The minimum absolute atomic E-state index is 0.123. The SMILES string of the molecule is CC(Sc1nc2nn(-c3ccccc3)c(=O)c-2c2n1CCCCC2)C(=O)N1CCc2ccccc2C1. The number of carbonyl (C=O) groups excluding carboxylic acids is 1. The summed E-state index contributed by atoms with van der Waals surface area (Å²) in [6.45, 7) is 4.15. The van der Waals surface area contributed by atoms with Crippen molar-refractivity contribution in [3.05, 3.63) is 81.8 Å². The molecule has 6 rings (SSSR count). The van der Waals surface area contributed by atoms with Gasteiger partial charge in [0.05, 0.1) is 10.9 Å². The van der Waals surface area contributed by atoms with Gasteiger partial charge >= 0.3 is 0 Å². The van der Waals surface area contributed by atoms with Crippen LogP contribution in [0.5, 0.6) is 0 Å². The molecule has 0 bridgehead atoms. The number of amides is 1. The van der Waals surface area contributed by atoms with E-state index in [-0.39, 0.29) is 16.7 Å². The minimum atomic E-state index is -0.289. The molecule has 4 heterocycles. The van der Waals surface area contributed by atoms with Crippen LogP contribution in [0.3, 0.4) is 0 Å². The van der Waals surface area contributed by atoms with E-state index in [2.05, 4.69) is 27.9 Å². The summed E-state index contributed by atoms with van der Waals surface area (Å²) in [6, 6.07) is 17.8. The third-order valence-electron chi connectivity index (χ3n) is 7.24. The van der Waals surface area contributed by atoms with Gasteiger partial charge in [0.15, 0.2) is 11.0 Å². The smallest absolute Gasteiger partial charge is 0.284 e. The van der Waals surface area contributed by atoms with Gasteiger partial charge in [-0.2, -0.15) is 4.68 Å². The van der Waals surface area contributed by atoms with Gasteiger partial charge in [0.2, 0.25) is 5.91 Å². The van der Waals surface area contributed by atoms with Gasteiger partial charge in [-0.3, -0.25) is 9.59 Å². The number of para-hydroxylation sites is 1. The highest BCUT2D eigenvalue weighted by molar-refractivity contribution is 8.00. The summed E-state index contributed by atoms with van der Waals surface area (Å²) in [7, 11) is 0. The van der Waals surface area contributed by atoms with Gasteiger partial charge in [0.1, 0.15) is 5.56 Å². The third-order valence-corrected chi connectivity index (χ3v) is 8.32. The van der Waals surface area contributed by atoms with Crippen molar-refractivity contribution in [3.8, 4) is 17.1 Å². The summed E-state index contributed by atoms with van der Waals surface area (Å²) in [5, 5.41) is 5.10. The summed E-state index contributed by atoms with van der Waals surface area (Å²) >= 11 is 1.49. The zero-order valence-electron chi connectivity index (χ0n) is 20.4. The van der Waals surface area contributed by atoms with Crippen LogP contribution in [-0.4, -0.2) is 41.9 Å². The molecule has 184 valence electrons. The lowest BCUT2D eigenvalue weighted by Gasteiger charge is -2.31. The lowest BCUT2D eigenvalue weighted by molar-refractivity contribution is -0.131. The van der Waals surface area contributed by atoms with E-state index in [0.29, 0.717) is 17.9 Å². The van der Waals surface area contributed by atoms with Gasteiger partial charge in [0, 0.05) is 25.3 Å². The molecule has 0 radical (unpaired) electrons. The van der Waals surface area contributed by atoms with Crippen LogP contribution < -0.4 is 5.56 Å². The summed E-state index contributed by atoms with van der Waals surface area (Å²) < 4.78 is 3.63. The van der Waals surface area contributed by atoms with Crippen molar-refractivity contribution in [2.75, 3.05) is 6.54 Å². The van der Waals surface area contributed by atoms with E-state index >= 15 is 0 Å². The van der Waals surface area contributed by atoms with Crippen LogP contribution >= 0.6 is 11.8 Å². The van der Waals surface area contributed by atoms with Crippen molar-refractivity contribution in [2.45, 2.75) is 62.5 Å². The van der Waals surface area contributed by atoms with Crippen LogP contribution in [0.25, 0.3) is 17.1 Å². The first-order valence-electron chi connectivity index (χ1n) is 12.7. The van der Waals surface area contributed by atoms with Gasteiger partial charge in [-0.05, 0) is 55.9 Å². The molecule has 0 fully saturated rings. The highest BCUT2D eigenvalue weighted by atomic mass is 32.2. The number of hydrogen-bond donors (Lipinski definition) is 0. The molecule has 1 unspecified atom stereocenters. The zero-order valence-corrected chi connectivity index (χ0v) is 21.2. The Morgan fingerprint density at radius 2 is 1.72 bits per heavy atom. The Balaban J connectivity index is 1.34. The van der Waals surface area contributed by atoms with E-state index in [0.717, 1.165) is 61.7 Å². The molecule has 4 aliphatic rings. The van der Waals surface area contributed by atoms with Crippen molar-refractivity contribution in [3.63, 3.8) is 0 Å². The molecule has 0 spiro atoms. The van der Waals surface area contributed by atoms with Crippen LogP contribution in [0, 0.1) is 0 Å². The Morgan fingerprint density at radius 3 is 2.56 bits per heavy atom. The number of rotatable bonds is 4. The molecule has 36 heavy (non-hydrogen) atoms. The minimum Gasteiger partial charge on any atom is -0.337 e. The molecule has 4 aliphatic heterocycles. The van der Waals surface area contributed by atoms with E-state index in [1.54, 1.807) is 0 Å². The maximum Gasteiger partial charge on any atom is 0.284 e. The summed E-state index contributed by atoms with van der Waals surface area (Å²) in [5.74, 6) is 0.588. The molecular weight excluding hydrogens is 470 g/mol. The normalized spacial score (nSPS) is 16.3. The summed E-state index contributed by atoms with van der Waals surface area (Å²) in [6.07, 6.45) is 4.87. The fourth-order valence-corrected chi connectivity index (χ4v) is 6.37. The highest BCUT2D eigenvalue weighted by Gasteiger charge is 2.30. The maximum absolute atomic E-state index is 13.5. The van der Waals surface area contributed by atoms with Gasteiger partial charge in [0.25, 0.3) is 5.56 Å². The second kappa shape index (κ2) is 9.58. The number of benzene rings is 2. The molecule has 2 aromatic rings. The second-order valence-electron chi connectivity index (χ2n) is 9.59. The monoisotopic (exact) mass is 499 g/mol. The third kappa shape index (κ3) is 4.13. The lowest BCUT2D eigenvalue weighted by Crippen LogP contribution is -2.40. The first-order valence-corrected chi connectivity index (χ1v) is 13.6. The maximum atomic E-state index is 13.5. The number of hydrogen-bond acceptors (Lipinski definition) is 5. The van der Waals surface area contributed by atoms with Crippen molar-refractivity contribution < 1.29 is 4.79 Å². The molecule has 0 aliphatic carbocycles. The van der Waals surface area contributed by atoms with Crippen molar-refractivity contribution in [2.24, 2.45) is 0 Å². The average molecular weight is 500 g/mol. The Morgan fingerprint density at radius 1 is 0.944 bits per heavy atom. The summed E-state index contributed by atoms with van der Waals surface area (Å²) in [4.78, 5) is 33.7. The summed E-state index contributed by atoms with van der Waals surface area (Å²) in [5.41, 5.74) is 4.78. The molecular formula is C28H29N5O2S. The van der Waals surface area contributed by atoms with Gasteiger partial charge in [-0.1, -0.05) is 60.6 Å². The molecule has 2 aromatic carbocycles. The quantitative estimate of drug-likeness (QED) is 0.309. The average Bonchev–Trinajstić information content (AvgIpc) is 3.07. The van der Waals surface area contributed by atoms with Crippen LogP contribution in [0.2, 0.25) is 0 Å². The zero-order chi connectivity index (χ0) is 24.6. The highest BCUT2D eigenvalue weighted by Crippen LogP contribution is 2.33. The molecule has 1 atom stereocenters. The fourth-order valence-electron chi connectivity index (χ4n) is 5.34. The predicted molar refractivity (Wildman–Crippen MR) is 141 cm³/mol. The largest absolute Gasteiger partial charge is 0.337 e. The number of aromatic nitrogens is 4. The molecule has 7 nitrogen and oxygen atoms in total. The molecule has 0 saturated carbocycles. The Hall–Kier alpha value is -3.39. The van der Waals surface area contributed by atoms with Crippen LogP contribution in [0.4, 0.5) is 0 Å². The van der Waals surface area contributed by atoms with Crippen LogP contribution in [0.1, 0.15) is 43.0 Å². The predicted octanol–water partition coefficient (Wildman–Crippen LogP) is 4.33. The Kier molecular flexibility index (Phi) is 6.13.